The molecule has 0 unspecified atom stereocenters. The van der Waals surface area contributed by atoms with Crippen molar-refractivity contribution in [2.45, 2.75) is 58.5 Å². The zero-order chi connectivity index (χ0) is 25.1. The van der Waals surface area contributed by atoms with Crippen LogP contribution in [0.5, 0.6) is 0 Å². The van der Waals surface area contributed by atoms with Crippen LogP contribution in [0.15, 0.2) is 23.5 Å². The van der Waals surface area contributed by atoms with E-state index in [4.69, 9.17) is 33.6 Å². The number of aliphatic hydroxyl groups excluding tert-OH is 1. The number of hydrogen-bond donors (Lipinski definition) is 5. The fourth-order valence-electron chi connectivity index (χ4n) is 3.17. The smallest absolute Gasteiger partial charge is 0.277 e. The Hall–Kier alpha value is -2.89. The predicted molar refractivity (Wildman–Crippen MR) is 137 cm³/mol. The van der Waals surface area contributed by atoms with Crippen LogP contribution < -0.4 is 11.5 Å². The number of hydrogen-bond acceptors (Lipinski definition) is 7. The number of aliphatic hydroxyl groups is 1. The van der Waals surface area contributed by atoms with E-state index in [1.54, 1.807) is 12.3 Å². The number of pyridine rings is 1. The number of carbonyl (C=O) groups is 1. The van der Waals surface area contributed by atoms with Crippen molar-refractivity contribution in [1.29, 1.82) is 5.41 Å². The van der Waals surface area contributed by atoms with Crippen LogP contribution in [0.3, 0.4) is 0 Å². The standard InChI is InChI=1S/C12H16N6.C6H12O.C4H3ClN2OS/c1-7(2)3-11-17-8-4-9(12(14)16-6-13)15-5-10(8)18-11;7-6-4-2-1-3-5-6;5-2-1-7-4(9-2)3(6)8/h4-7H,3H2,1-2H3,(H,17,18)(H3,13,14,16);6-7H,1-5H2;1H,(H2,6,8). The number of aromatic nitrogens is 4. The zero-order valence-electron chi connectivity index (χ0n) is 19.3. The summed E-state index contributed by atoms with van der Waals surface area (Å²) in [5.41, 5.74) is 12.8. The van der Waals surface area contributed by atoms with Crippen LogP contribution in [0.1, 0.15) is 67.3 Å². The van der Waals surface area contributed by atoms with Crippen molar-refractivity contribution < 1.29 is 9.90 Å². The lowest BCUT2D eigenvalue weighted by Gasteiger charge is -2.14. The molecular formula is C22H31ClN8O2S. The Morgan fingerprint density at radius 2 is 2.03 bits per heavy atom. The molecule has 1 aliphatic carbocycles. The number of rotatable bonds is 5. The second-order valence-electron chi connectivity index (χ2n) is 8.14. The molecule has 0 aliphatic heterocycles. The van der Waals surface area contributed by atoms with E-state index in [0.29, 0.717) is 15.9 Å². The Labute approximate surface area is 207 Å². The monoisotopic (exact) mass is 506 g/mol. The van der Waals surface area contributed by atoms with Gasteiger partial charge in [0.15, 0.2) is 10.8 Å². The van der Waals surface area contributed by atoms with Crippen LogP contribution in [0.25, 0.3) is 11.0 Å². The Balaban J connectivity index is 0.000000211. The summed E-state index contributed by atoms with van der Waals surface area (Å²) in [7, 11) is 0. The molecule has 1 aliphatic rings. The van der Waals surface area contributed by atoms with Crippen molar-refractivity contribution in [2.24, 2.45) is 22.4 Å². The number of halogens is 1. The molecule has 0 radical (unpaired) electrons. The molecule has 4 rings (SSSR count). The molecule has 0 atom stereocenters. The molecule has 0 aromatic carbocycles. The minimum atomic E-state index is -0.535. The summed E-state index contributed by atoms with van der Waals surface area (Å²) in [6.45, 7) is 4.29. The second-order valence-corrected chi connectivity index (χ2v) is 9.80. The second kappa shape index (κ2) is 13.7. The molecule has 3 heterocycles. The first-order chi connectivity index (χ1) is 16.2. The van der Waals surface area contributed by atoms with Crippen LogP contribution >= 0.6 is 22.9 Å². The van der Waals surface area contributed by atoms with Crippen molar-refractivity contribution in [2.75, 3.05) is 0 Å². The highest BCUT2D eigenvalue weighted by atomic mass is 35.5. The van der Waals surface area contributed by atoms with Gasteiger partial charge in [0.1, 0.15) is 22.2 Å². The number of nitrogens with zero attached hydrogens (tertiary/aromatic N) is 4. The van der Waals surface area contributed by atoms with Gasteiger partial charge in [0.2, 0.25) is 0 Å². The number of primary amides is 1. The van der Waals surface area contributed by atoms with Crippen LogP contribution in [0.4, 0.5) is 0 Å². The molecule has 0 saturated heterocycles. The number of nitrogens with one attached hydrogen (secondary N) is 2. The summed E-state index contributed by atoms with van der Waals surface area (Å²) in [5, 5.41) is 16.0. The SMILES string of the molecule is CC(C)Cc1nc2cc(C(N)=NC=N)ncc2[nH]1.NC(=O)c1ncc(Cl)s1.OC1CCCCC1. The summed E-state index contributed by atoms with van der Waals surface area (Å²) in [5.74, 6) is 1.18. The number of carbonyl (C=O) groups excluding carboxylic acids is 1. The predicted octanol–water partition coefficient (Wildman–Crippen LogP) is 3.68. The summed E-state index contributed by atoms with van der Waals surface area (Å²) >= 11 is 6.53. The normalized spacial score (nSPS) is 14.2. The molecule has 0 spiro atoms. The molecule has 1 saturated carbocycles. The van der Waals surface area contributed by atoms with E-state index in [-0.39, 0.29) is 16.9 Å². The molecule has 3 aromatic rings. The summed E-state index contributed by atoms with van der Waals surface area (Å²) in [4.78, 5) is 29.6. The lowest BCUT2D eigenvalue weighted by atomic mass is 9.98. The van der Waals surface area contributed by atoms with Crippen LogP contribution in [0.2, 0.25) is 4.34 Å². The maximum Gasteiger partial charge on any atom is 0.277 e. The minimum absolute atomic E-state index is 0.0359. The molecule has 3 aromatic heterocycles. The highest BCUT2D eigenvalue weighted by Gasteiger charge is 2.09. The highest BCUT2D eigenvalue weighted by molar-refractivity contribution is 7.17. The van der Waals surface area contributed by atoms with E-state index in [0.717, 1.165) is 53.8 Å². The van der Waals surface area contributed by atoms with Gasteiger partial charge in [-0.1, -0.05) is 56.0 Å². The van der Waals surface area contributed by atoms with Gasteiger partial charge in [0, 0.05) is 6.42 Å². The van der Waals surface area contributed by atoms with Gasteiger partial charge >= 0.3 is 0 Å². The van der Waals surface area contributed by atoms with Crippen molar-refractivity contribution in [3.05, 3.63) is 39.3 Å². The number of aromatic amines is 1. The highest BCUT2D eigenvalue weighted by Crippen LogP contribution is 2.17. The fourth-order valence-corrected chi connectivity index (χ4v) is 3.94. The number of fused-ring (bicyclic) bond motifs is 1. The Bertz CT molecular complexity index is 1110. The van der Waals surface area contributed by atoms with Crippen molar-refractivity contribution in [1.82, 2.24) is 19.9 Å². The molecular weight excluding hydrogens is 476 g/mol. The summed E-state index contributed by atoms with van der Waals surface area (Å²) < 4.78 is 0.476. The summed E-state index contributed by atoms with van der Waals surface area (Å²) in [6, 6.07) is 1.78. The number of H-pyrrole nitrogens is 1. The van der Waals surface area contributed by atoms with E-state index in [1.165, 1.54) is 25.5 Å². The van der Waals surface area contributed by atoms with E-state index < -0.39 is 5.91 Å². The molecule has 1 amide bonds. The quantitative estimate of drug-likeness (QED) is 0.260. The first-order valence-electron chi connectivity index (χ1n) is 11.0. The van der Waals surface area contributed by atoms with Crippen molar-refractivity contribution >= 4 is 52.1 Å². The number of nitrogens with two attached hydrogens (primary N) is 2. The first-order valence-corrected chi connectivity index (χ1v) is 12.2. The largest absolute Gasteiger partial charge is 0.393 e. The lowest BCUT2D eigenvalue weighted by Crippen LogP contribution is -2.14. The van der Waals surface area contributed by atoms with Gasteiger partial charge in [0.05, 0.1) is 29.5 Å². The van der Waals surface area contributed by atoms with Gasteiger partial charge in [0.25, 0.3) is 5.91 Å². The lowest BCUT2D eigenvalue weighted by molar-refractivity contribution is 0.1000. The van der Waals surface area contributed by atoms with Crippen LogP contribution in [-0.2, 0) is 6.42 Å². The van der Waals surface area contributed by atoms with Gasteiger partial charge in [-0.25, -0.2) is 15.0 Å². The number of thiazole rings is 1. The molecule has 184 valence electrons. The van der Waals surface area contributed by atoms with E-state index in [1.807, 2.05) is 0 Å². The van der Waals surface area contributed by atoms with Gasteiger partial charge < -0.3 is 21.6 Å². The minimum Gasteiger partial charge on any atom is -0.393 e. The average Bonchev–Trinajstić information content (AvgIpc) is 3.40. The first kappa shape index (κ1) is 27.4. The van der Waals surface area contributed by atoms with Gasteiger partial charge in [-0.15, -0.1) is 0 Å². The van der Waals surface area contributed by atoms with Crippen molar-refractivity contribution in [3.8, 4) is 0 Å². The third kappa shape index (κ3) is 9.16. The Morgan fingerprint density at radius 3 is 2.50 bits per heavy atom. The maximum absolute atomic E-state index is 10.3. The van der Waals surface area contributed by atoms with E-state index in [2.05, 4.69) is 38.8 Å². The Morgan fingerprint density at radius 1 is 1.32 bits per heavy atom. The van der Waals surface area contributed by atoms with E-state index in [9.17, 15) is 4.79 Å². The Kier molecular flexibility index (Phi) is 11.0. The molecule has 12 heteroatoms. The molecule has 0 bridgehead atoms. The van der Waals surface area contributed by atoms with Crippen LogP contribution in [-0.4, -0.2) is 49.2 Å². The third-order valence-electron chi connectivity index (χ3n) is 4.75. The maximum atomic E-state index is 10.3. The molecule has 10 nitrogen and oxygen atoms in total. The molecule has 1 fully saturated rings. The molecule has 7 N–H and O–H groups in total. The van der Waals surface area contributed by atoms with Gasteiger partial charge in [-0.2, -0.15) is 0 Å². The number of imidazole rings is 1. The topological polar surface area (TPSA) is 180 Å². The van der Waals surface area contributed by atoms with Crippen LogP contribution in [0, 0.1) is 11.3 Å². The number of amides is 1. The van der Waals surface area contributed by atoms with Gasteiger partial charge in [-0.05, 0) is 24.8 Å². The number of aliphatic imine (C=N–C) groups is 1. The summed E-state index contributed by atoms with van der Waals surface area (Å²) in [6.07, 6.45) is 10.8. The molecule has 34 heavy (non-hydrogen) atoms. The third-order valence-corrected chi connectivity index (χ3v) is 5.88. The number of amidine groups is 1. The van der Waals surface area contributed by atoms with Crippen molar-refractivity contribution in [3.63, 3.8) is 0 Å². The average molecular weight is 507 g/mol. The zero-order valence-corrected chi connectivity index (χ0v) is 20.9. The van der Waals surface area contributed by atoms with E-state index >= 15 is 0 Å². The fraction of sp³-hybridized carbons (Fsp3) is 0.455. The van der Waals surface area contributed by atoms with Gasteiger partial charge in [-0.3, -0.25) is 15.2 Å².